The maximum absolute atomic E-state index is 12.8. The fourth-order valence-electron chi connectivity index (χ4n) is 7.42. The lowest BCUT2D eigenvalue weighted by atomic mass is 10.0. The van der Waals surface area contributed by atoms with E-state index < -0.39 is 6.10 Å². The molecule has 0 radical (unpaired) electrons. The molecule has 0 bridgehead atoms. The Morgan fingerprint density at radius 1 is 0.313 bits per heavy atom. The molecule has 0 aliphatic carbocycles. The number of carbonyl (C=O) groups is 3. The summed E-state index contributed by atoms with van der Waals surface area (Å²) in [6.45, 7) is 6.44. The molecule has 0 rings (SSSR count). The molecule has 0 aromatic rings. The average molecular weight is 931 g/mol. The molecule has 1 atom stereocenters. The first-order valence-corrected chi connectivity index (χ1v) is 27.7. The summed E-state index contributed by atoms with van der Waals surface area (Å²) < 4.78 is 16.8. The van der Waals surface area contributed by atoms with Crippen molar-refractivity contribution >= 4 is 17.9 Å². The molecule has 0 unspecified atom stereocenters. The summed E-state index contributed by atoms with van der Waals surface area (Å²) in [5, 5.41) is 0. The van der Waals surface area contributed by atoms with Crippen LogP contribution >= 0.6 is 0 Å². The number of unbranched alkanes of at least 4 members (excludes halogenated alkanes) is 22. The van der Waals surface area contributed by atoms with E-state index in [-0.39, 0.29) is 31.1 Å². The largest absolute Gasteiger partial charge is 0.462 e. The van der Waals surface area contributed by atoms with E-state index in [0.29, 0.717) is 19.3 Å². The summed E-state index contributed by atoms with van der Waals surface area (Å²) in [6.07, 6.45) is 72.5. The first kappa shape index (κ1) is 63.3. The monoisotopic (exact) mass is 931 g/mol. The molecule has 0 amide bonds. The summed E-state index contributed by atoms with van der Waals surface area (Å²) in [4.78, 5) is 38.1. The van der Waals surface area contributed by atoms with Crippen molar-refractivity contribution in [2.45, 2.75) is 258 Å². The molecular weight excluding hydrogens is 829 g/mol. The lowest BCUT2D eigenvalue weighted by Crippen LogP contribution is -2.30. The highest BCUT2D eigenvalue weighted by atomic mass is 16.6. The van der Waals surface area contributed by atoms with Crippen molar-refractivity contribution in [3.63, 3.8) is 0 Å². The standard InChI is InChI=1S/C61H102O6/c1-4-7-10-13-16-19-22-25-28-29-30-31-34-36-39-42-45-48-51-54-60(63)66-57-58(67-61(64)55-52-49-46-43-40-37-33-27-24-21-18-15-12-9-6-3)56-65-59(62)53-50-47-44-41-38-35-32-26-23-20-17-14-11-8-5-2/h8,11,16-17,19-20,25-26,28,30-32,36,38-39,41,58H,4-7,9-10,12-15,18,21-24,27,29,33-35,37,40,42-57H2,1-3H3/b11-8-,19-16-,20-17-,28-25-,31-30-,32-26-,39-36-,41-38-/t58-/m1/s1. The molecule has 0 aromatic carbocycles. The minimum atomic E-state index is -0.807. The summed E-state index contributed by atoms with van der Waals surface area (Å²) in [5.74, 6) is -0.973. The number of hydrogen-bond donors (Lipinski definition) is 0. The maximum atomic E-state index is 12.8. The summed E-state index contributed by atoms with van der Waals surface area (Å²) >= 11 is 0. The van der Waals surface area contributed by atoms with E-state index in [1.807, 2.05) is 0 Å². The number of ether oxygens (including phenoxy) is 3. The van der Waals surface area contributed by atoms with Crippen LogP contribution in [-0.2, 0) is 28.6 Å². The van der Waals surface area contributed by atoms with Gasteiger partial charge in [-0.15, -0.1) is 0 Å². The van der Waals surface area contributed by atoms with Crippen LogP contribution in [0.4, 0.5) is 0 Å². The molecule has 0 fully saturated rings. The van der Waals surface area contributed by atoms with Crippen LogP contribution in [0, 0.1) is 0 Å². The van der Waals surface area contributed by atoms with Crippen molar-refractivity contribution in [3.8, 4) is 0 Å². The quantitative estimate of drug-likeness (QED) is 0.0262. The third-order valence-corrected chi connectivity index (χ3v) is 11.6. The maximum Gasteiger partial charge on any atom is 0.306 e. The number of allylic oxidation sites excluding steroid dienone is 16. The molecule has 0 spiro atoms. The minimum absolute atomic E-state index is 0.106. The molecule has 6 nitrogen and oxygen atoms in total. The Balaban J connectivity index is 4.50. The molecule has 0 N–H and O–H groups in total. The SMILES string of the molecule is CC/C=C\C/C=C\C/C=C\C/C=C\CCCCC(=O)OC[C@H](COC(=O)CCCCC/C=C\C/C=C\C/C=C\C/C=C\CCCCC)OC(=O)CCCCCCCCCCCCCCCCC. The number of rotatable bonds is 49. The predicted octanol–water partition coefficient (Wildman–Crippen LogP) is 18.5. The van der Waals surface area contributed by atoms with Crippen LogP contribution in [0.15, 0.2) is 97.2 Å². The molecule has 0 saturated carbocycles. The van der Waals surface area contributed by atoms with Crippen molar-refractivity contribution in [1.29, 1.82) is 0 Å². The van der Waals surface area contributed by atoms with Crippen molar-refractivity contribution in [2.75, 3.05) is 13.2 Å². The summed E-state index contributed by atoms with van der Waals surface area (Å²) in [6, 6.07) is 0. The van der Waals surface area contributed by atoms with Gasteiger partial charge in [0.05, 0.1) is 0 Å². The highest BCUT2D eigenvalue weighted by molar-refractivity contribution is 5.71. The van der Waals surface area contributed by atoms with Crippen molar-refractivity contribution in [3.05, 3.63) is 97.2 Å². The molecule has 6 heteroatoms. The van der Waals surface area contributed by atoms with Gasteiger partial charge >= 0.3 is 17.9 Å². The topological polar surface area (TPSA) is 78.9 Å². The number of hydrogen-bond acceptors (Lipinski definition) is 6. The van der Waals surface area contributed by atoms with E-state index in [1.54, 1.807) is 0 Å². The van der Waals surface area contributed by atoms with Gasteiger partial charge in [0.25, 0.3) is 0 Å². The van der Waals surface area contributed by atoms with Crippen LogP contribution in [0.1, 0.15) is 252 Å². The zero-order valence-corrected chi connectivity index (χ0v) is 43.6. The van der Waals surface area contributed by atoms with Crippen LogP contribution in [0.5, 0.6) is 0 Å². The van der Waals surface area contributed by atoms with E-state index in [2.05, 4.69) is 118 Å². The second-order valence-electron chi connectivity index (χ2n) is 18.1. The first-order valence-electron chi connectivity index (χ1n) is 27.7. The van der Waals surface area contributed by atoms with Crippen molar-refractivity contribution in [1.82, 2.24) is 0 Å². The normalized spacial score (nSPS) is 12.8. The zero-order valence-electron chi connectivity index (χ0n) is 43.6. The smallest absolute Gasteiger partial charge is 0.306 e. The van der Waals surface area contributed by atoms with Gasteiger partial charge in [-0.3, -0.25) is 14.4 Å². The second-order valence-corrected chi connectivity index (χ2v) is 18.1. The van der Waals surface area contributed by atoms with Gasteiger partial charge in [0.2, 0.25) is 0 Å². The molecule has 0 heterocycles. The fourth-order valence-corrected chi connectivity index (χ4v) is 7.42. The average Bonchev–Trinajstić information content (AvgIpc) is 3.33. The Morgan fingerprint density at radius 2 is 0.582 bits per heavy atom. The van der Waals surface area contributed by atoms with E-state index >= 15 is 0 Å². The molecule has 67 heavy (non-hydrogen) atoms. The van der Waals surface area contributed by atoms with Crippen molar-refractivity contribution < 1.29 is 28.6 Å². The zero-order chi connectivity index (χ0) is 48.6. The molecule has 0 saturated heterocycles. The van der Waals surface area contributed by atoms with Gasteiger partial charge in [-0.2, -0.15) is 0 Å². The molecule has 0 aliphatic rings. The molecular formula is C61H102O6. The van der Waals surface area contributed by atoms with E-state index in [0.717, 1.165) is 109 Å². The Kier molecular flexibility index (Phi) is 51.9. The first-order chi connectivity index (χ1) is 33.0. The van der Waals surface area contributed by atoms with Crippen LogP contribution in [0.3, 0.4) is 0 Å². The minimum Gasteiger partial charge on any atom is -0.462 e. The third kappa shape index (κ3) is 53.2. The lowest BCUT2D eigenvalue weighted by molar-refractivity contribution is -0.167. The van der Waals surface area contributed by atoms with Gasteiger partial charge in [-0.05, 0) is 103 Å². The van der Waals surface area contributed by atoms with Crippen molar-refractivity contribution in [2.24, 2.45) is 0 Å². The Labute approximate surface area is 413 Å². The highest BCUT2D eigenvalue weighted by Gasteiger charge is 2.19. The third-order valence-electron chi connectivity index (χ3n) is 11.6. The Bertz CT molecular complexity index is 1350. The molecule has 0 aliphatic heterocycles. The highest BCUT2D eigenvalue weighted by Crippen LogP contribution is 2.15. The van der Waals surface area contributed by atoms with Crippen LogP contribution in [0.2, 0.25) is 0 Å². The summed E-state index contributed by atoms with van der Waals surface area (Å²) in [7, 11) is 0. The summed E-state index contributed by atoms with van der Waals surface area (Å²) in [5.41, 5.74) is 0. The number of carbonyl (C=O) groups excluding carboxylic acids is 3. The van der Waals surface area contributed by atoms with Crippen LogP contribution in [0.25, 0.3) is 0 Å². The fraction of sp³-hybridized carbons (Fsp3) is 0.689. The lowest BCUT2D eigenvalue weighted by Gasteiger charge is -2.18. The van der Waals surface area contributed by atoms with E-state index in [4.69, 9.17) is 14.2 Å². The van der Waals surface area contributed by atoms with Gasteiger partial charge in [0.15, 0.2) is 6.10 Å². The molecule has 382 valence electrons. The van der Waals surface area contributed by atoms with Crippen LogP contribution < -0.4 is 0 Å². The van der Waals surface area contributed by atoms with Gasteiger partial charge in [0, 0.05) is 19.3 Å². The van der Waals surface area contributed by atoms with E-state index in [1.165, 1.54) is 103 Å². The van der Waals surface area contributed by atoms with Gasteiger partial charge in [-0.25, -0.2) is 0 Å². The number of esters is 3. The molecule has 0 aromatic heterocycles. The second kappa shape index (κ2) is 54.9. The van der Waals surface area contributed by atoms with E-state index in [9.17, 15) is 14.4 Å². The van der Waals surface area contributed by atoms with Crippen LogP contribution in [-0.4, -0.2) is 37.2 Å². The van der Waals surface area contributed by atoms with Gasteiger partial charge < -0.3 is 14.2 Å². The van der Waals surface area contributed by atoms with Gasteiger partial charge in [-0.1, -0.05) is 227 Å². The Morgan fingerprint density at radius 3 is 0.970 bits per heavy atom. The Hall–Kier alpha value is -3.67. The van der Waals surface area contributed by atoms with Gasteiger partial charge in [0.1, 0.15) is 13.2 Å². The predicted molar refractivity (Wildman–Crippen MR) is 288 cm³/mol.